The van der Waals surface area contributed by atoms with Crippen molar-refractivity contribution in [2.24, 2.45) is 0 Å². The molecule has 112 valence electrons. The SMILES string of the molecule is CCc1cc(C(=O)NCCS(=O)(=O)NC)cc(NC)n1. The van der Waals surface area contributed by atoms with Crippen molar-refractivity contribution in [2.75, 3.05) is 31.7 Å². The van der Waals surface area contributed by atoms with E-state index in [2.05, 4.69) is 20.3 Å². The Morgan fingerprint density at radius 1 is 1.30 bits per heavy atom. The lowest BCUT2D eigenvalue weighted by atomic mass is 10.2. The molecule has 3 N–H and O–H groups in total. The molecule has 0 aromatic carbocycles. The summed E-state index contributed by atoms with van der Waals surface area (Å²) in [7, 11) is -0.247. The zero-order valence-corrected chi connectivity index (χ0v) is 12.7. The lowest BCUT2D eigenvalue weighted by Crippen LogP contribution is -2.33. The van der Waals surface area contributed by atoms with Crippen LogP contribution < -0.4 is 15.4 Å². The maximum atomic E-state index is 12.0. The van der Waals surface area contributed by atoms with E-state index in [1.54, 1.807) is 19.2 Å². The van der Waals surface area contributed by atoms with Gasteiger partial charge in [0, 0.05) is 24.8 Å². The monoisotopic (exact) mass is 300 g/mol. The fourth-order valence-corrected chi connectivity index (χ4v) is 2.11. The fraction of sp³-hybridized carbons (Fsp3) is 0.500. The summed E-state index contributed by atoms with van der Waals surface area (Å²) >= 11 is 0. The Hall–Kier alpha value is -1.67. The third kappa shape index (κ3) is 4.78. The van der Waals surface area contributed by atoms with Crippen molar-refractivity contribution in [3.05, 3.63) is 23.4 Å². The van der Waals surface area contributed by atoms with Crippen molar-refractivity contribution in [1.82, 2.24) is 15.0 Å². The molecule has 0 fully saturated rings. The molecule has 0 atom stereocenters. The van der Waals surface area contributed by atoms with E-state index in [1.807, 2.05) is 6.92 Å². The van der Waals surface area contributed by atoms with Crippen LogP contribution in [-0.2, 0) is 16.4 Å². The first-order valence-electron chi connectivity index (χ1n) is 6.30. The molecule has 1 rings (SSSR count). The summed E-state index contributed by atoms with van der Waals surface area (Å²) in [6.45, 7) is 2.00. The average Bonchev–Trinajstić information content (AvgIpc) is 2.46. The number of hydrogen-bond donors (Lipinski definition) is 3. The summed E-state index contributed by atoms with van der Waals surface area (Å²) in [5.74, 6) is 0.141. The zero-order chi connectivity index (χ0) is 15.2. The second-order valence-electron chi connectivity index (χ2n) is 4.11. The molecule has 0 saturated carbocycles. The highest BCUT2D eigenvalue weighted by Gasteiger charge is 2.11. The fourth-order valence-electron chi connectivity index (χ4n) is 1.53. The van der Waals surface area contributed by atoms with Crippen molar-refractivity contribution in [3.8, 4) is 0 Å². The van der Waals surface area contributed by atoms with E-state index >= 15 is 0 Å². The first kappa shape index (κ1) is 16.4. The Balaban J connectivity index is 2.72. The summed E-state index contributed by atoms with van der Waals surface area (Å²) in [5.41, 5.74) is 1.26. The number of rotatable bonds is 7. The van der Waals surface area contributed by atoms with Crippen LogP contribution in [0.3, 0.4) is 0 Å². The molecule has 0 spiro atoms. The van der Waals surface area contributed by atoms with Gasteiger partial charge < -0.3 is 10.6 Å². The van der Waals surface area contributed by atoms with Crippen molar-refractivity contribution in [2.45, 2.75) is 13.3 Å². The van der Waals surface area contributed by atoms with Crippen LogP contribution in [0, 0.1) is 0 Å². The minimum absolute atomic E-state index is 0.0562. The molecule has 1 aromatic rings. The summed E-state index contributed by atoms with van der Waals surface area (Å²) in [6, 6.07) is 3.32. The van der Waals surface area contributed by atoms with Gasteiger partial charge in [0.25, 0.3) is 5.91 Å². The topological polar surface area (TPSA) is 100 Å². The molecule has 0 saturated heterocycles. The first-order valence-corrected chi connectivity index (χ1v) is 7.95. The van der Waals surface area contributed by atoms with E-state index in [0.29, 0.717) is 17.8 Å². The van der Waals surface area contributed by atoms with Crippen molar-refractivity contribution in [1.29, 1.82) is 0 Å². The molecule has 7 nitrogen and oxygen atoms in total. The molecule has 0 radical (unpaired) electrons. The maximum Gasteiger partial charge on any atom is 0.251 e. The van der Waals surface area contributed by atoms with E-state index in [0.717, 1.165) is 5.69 Å². The van der Waals surface area contributed by atoms with Gasteiger partial charge in [-0.25, -0.2) is 18.1 Å². The summed E-state index contributed by atoms with van der Waals surface area (Å²) < 4.78 is 24.7. The van der Waals surface area contributed by atoms with Gasteiger partial charge in [0.2, 0.25) is 10.0 Å². The Kier molecular flexibility index (Phi) is 5.90. The molecule has 0 bridgehead atoms. The Bertz CT molecular complexity index is 550. The number of pyridine rings is 1. The van der Waals surface area contributed by atoms with Gasteiger partial charge in [-0.05, 0) is 25.6 Å². The standard InChI is InChI=1S/C12H20N4O3S/c1-4-10-7-9(8-11(13-2)16-10)12(17)15-5-6-20(18,19)14-3/h7-8,14H,4-6H2,1-3H3,(H,13,16)(H,15,17). The number of carbonyl (C=O) groups is 1. The van der Waals surface area contributed by atoms with Gasteiger partial charge in [-0.2, -0.15) is 0 Å². The lowest BCUT2D eigenvalue weighted by Gasteiger charge is -2.09. The molecule has 20 heavy (non-hydrogen) atoms. The molecule has 1 amide bonds. The number of aryl methyl sites for hydroxylation is 1. The van der Waals surface area contributed by atoms with E-state index in [-0.39, 0.29) is 18.2 Å². The van der Waals surface area contributed by atoms with Crippen LogP contribution in [0.15, 0.2) is 12.1 Å². The molecule has 1 aromatic heterocycles. The minimum atomic E-state index is -3.31. The Morgan fingerprint density at radius 2 is 2.00 bits per heavy atom. The van der Waals surface area contributed by atoms with Gasteiger partial charge in [-0.3, -0.25) is 4.79 Å². The lowest BCUT2D eigenvalue weighted by molar-refractivity contribution is 0.0956. The molecule has 0 aliphatic heterocycles. The van der Waals surface area contributed by atoms with Gasteiger partial charge in [0.1, 0.15) is 5.82 Å². The number of nitrogens with zero attached hydrogens (tertiary/aromatic N) is 1. The van der Waals surface area contributed by atoms with Crippen LogP contribution in [0.25, 0.3) is 0 Å². The highest BCUT2D eigenvalue weighted by atomic mass is 32.2. The molecule has 0 aliphatic carbocycles. The van der Waals surface area contributed by atoms with Crippen LogP contribution in [0.4, 0.5) is 5.82 Å². The predicted molar refractivity (Wildman–Crippen MR) is 78.3 cm³/mol. The molecule has 8 heteroatoms. The number of nitrogens with one attached hydrogen (secondary N) is 3. The van der Waals surface area contributed by atoms with Crippen LogP contribution in [0.5, 0.6) is 0 Å². The van der Waals surface area contributed by atoms with Crippen LogP contribution >= 0.6 is 0 Å². The van der Waals surface area contributed by atoms with Crippen molar-refractivity contribution in [3.63, 3.8) is 0 Å². The van der Waals surface area contributed by atoms with Crippen molar-refractivity contribution >= 4 is 21.7 Å². The van der Waals surface area contributed by atoms with Crippen molar-refractivity contribution < 1.29 is 13.2 Å². The Labute approximate surface area is 119 Å². The molecule has 0 unspecified atom stereocenters. The molecule has 0 aliphatic rings. The largest absolute Gasteiger partial charge is 0.373 e. The number of sulfonamides is 1. The smallest absolute Gasteiger partial charge is 0.251 e. The molecule has 1 heterocycles. The quantitative estimate of drug-likeness (QED) is 0.656. The van der Waals surface area contributed by atoms with E-state index in [1.165, 1.54) is 7.05 Å². The highest BCUT2D eigenvalue weighted by molar-refractivity contribution is 7.89. The van der Waals surface area contributed by atoms with E-state index in [4.69, 9.17) is 0 Å². The third-order valence-electron chi connectivity index (χ3n) is 2.73. The van der Waals surface area contributed by atoms with E-state index in [9.17, 15) is 13.2 Å². The minimum Gasteiger partial charge on any atom is -0.373 e. The number of anilines is 1. The van der Waals surface area contributed by atoms with Crippen LogP contribution in [0.1, 0.15) is 23.0 Å². The van der Waals surface area contributed by atoms with Gasteiger partial charge in [-0.15, -0.1) is 0 Å². The van der Waals surface area contributed by atoms with Gasteiger partial charge >= 0.3 is 0 Å². The second kappa shape index (κ2) is 7.20. The number of amides is 1. The highest BCUT2D eigenvalue weighted by Crippen LogP contribution is 2.10. The van der Waals surface area contributed by atoms with E-state index < -0.39 is 10.0 Å². The average molecular weight is 300 g/mol. The van der Waals surface area contributed by atoms with Crippen LogP contribution in [-0.4, -0.2) is 45.7 Å². The second-order valence-corrected chi connectivity index (χ2v) is 6.16. The van der Waals surface area contributed by atoms with Crippen LogP contribution in [0.2, 0.25) is 0 Å². The maximum absolute atomic E-state index is 12.0. The number of hydrogen-bond acceptors (Lipinski definition) is 5. The summed E-state index contributed by atoms with van der Waals surface area (Å²) in [5, 5.41) is 5.47. The van der Waals surface area contributed by atoms with Gasteiger partial charge in [0.05, 0.1) is 5.75 Å². The van der Waals surface area contributed by atoms with Gasteiger partial charge in [-0.1, -0.05) is 6.92 Å². The van der Waals surface area contributed by atoms with Gasteiger partial charge in [0.15, 0.2) is 0 Å². The Morgan fingerprint density at radius 3 is 2.55 bits per heavy atom. The predicted octanol–water partition coefficient (Wildman–Crippen LogP) is -0.0353. The summed E-state index contributed by atoms with van der Waals surface area (Å²) in [4.78, 5) is 16.3. The number of aromatic nitrogens is 1. The number of carbonyl (C=O) groups excluding carboxylic acids is 1. The first-order chi connectivity index (χ1) is 9.41. The third-order valence-corrected chi connectivity index (χ3v) is 4.09. The molecular weight excluding hydrogens is 280 g/mol. The normalized spacial score (nSPS) is 11.2. The zero-order valence-electron chi connectivity index (χ0n) is 11.9. The summed E-state index contributed by atoms with van der Waals surface area (Å²) in [6.07, 6.45) is 0.712. The molecular formula is C12H20N4O3S.